The van der Waals surface area contributed by atoms with Gasteiger partial charge in [-0.2, -0.15) is 22.5 Å². The van der Waals surface area contributed by atoms with Crippen LogP contribution in [0.3, 0.4) is 0 Å². The second kappa shape index (κ2) is 5.22. The van der Waals surface area contributed by atoms with E-state index in [1.54, 1.807) is 10.5 Å². The van der Waals surface area contributed by atoms with Crippen molar-refractivity contribution < 1.29 is 8.42 Å². The Balaban J connectivity index is 1.65. The highest BCUT2D eigenvalue weighted by Gasteiger charge is 2.29. The summed E-state index contributed by atoms with van der Waals surface area (Å²) in [5, 5.41) is 6.98. The molecule has 0 spiro atoms. The predicted octanol–water partition coefficient (Wildman–Crippen LogP) is 0.587. The highest BCUT2D eigenvalue weighted by Crippen LogP contribution is 2.20. The van der Waals surface area contributed by atoms with E-state index in [4.69, 9.17) is 0 Å². The Morgan fingerprint density at radius 1 is 1.32 bits per heavy atom. The van der Waals surface area contributed by atoms with E-state index in [1.807, 2.05) is 0 Å². The van der Waals surface area contributed by atoms with Crippen molar-refractivity contribution >= 4 is 10.2 Å². The summed E-state index contributed by atoms with van der Waals surface area (Å²) in [6.45, 7) is 1.30. The van der Waals surface area contributed by atoms with Gasteiger partial charge in [0.25, 0.3) is 10.2 Å². The van der Waals surface area contributed by atoms with E-state index in [1.165, 1.54) is 0 Å². The molecule has 106 valence electrons. The van der Waals surface area contributed by atoms with E-state index in [0.29, 0.717) is 13.1 Å². The molecule has 1 aliphatic heterocycles. The van der Waals surface area contributed by atoms with Crippen LogP contribution in [0.25, 0.3) is 0 Å². The summed E-state index contributed by atoms with van der Waals surface area (Å²) in [6.07, 6.45) is 7.31. The molecule has 3 rings (SSSR count). The topological polar surface area (TPSA) is 78.1 Å². The Kier molecular flexibility index (Phi) is 3.60. The molecule has 2 heterocycles. The molecule has 1 aromatic rings. The number of fused-ring (bicyclic) bond motifs is 1. The largest absolute Gasteiger partial charge is 0.282 e. The molecule has 6 nitrogen and oxygen atoms in total. The molecule has 19 heavy (non-hydrogen) atoms. The lowest BCUT2D eigenvalue weighted by Crippen LogP contribution is -2.48. The Morgan fingerprint density at radius 2 is 2.11 bits per heavy atom. The van der Waals surface area contributed by atoms with Crippen LogP contribution in [-0.2, 0) is 23.1 Å². The fourth-order valence-electron chi connectivity index (χ4n) is 2.91. The van der Waals surface area contributed by atoms with E-state index in [9.17, 15) is 8.42 Å². The second-order valence-electron chi connectivity index (χ2n) is 5.40. The summed E-state index contributed by atoms with van der Waals surface area (Å²) in [4.78, 5) is 0. The SMILES string of the molecule is O=S(=O)(N[C@@H]1CCc2[nH]ncc2C1)N1CCCCC1. The number of aromatic amines is 1. The lowest BCUT2D eigenvalue weighted by Gasteiger charge is -2.29. The molecule has 1 aromatic heterocycles. The van der Waals surface area contributed by atoms with Gasteiger partial charge in [-0.3, -0.25) is 5.10 Å². The zero-order valence-electron chi connectivity index (χ0n) is 10.9. The van der Waals surface area contributed by atoms with E-state index < -0.39 is 10.2 Å². The van der Waals surface area contributed by atoms with Crippen LogP contribution in [0, 0.1) is 0 Å². The van der Waals surface area contributed by atoms with Crippen LogP contribution in [0.4, 0.5) is 0 Å². The van der Waals surface area contributed by atoms with Gasteiger partial charge in [0, 0.05) is 24.8 Å². The van der Waals surface area contributed by atoms with Crippen LogP contribution in [-0.4, -0.2) is 42.1 Å². The minimum absolute atomic E-state index is 0.00275. The van der Waals surface area contributed by atoms with Gasteiger partial charge in [-0.25, -0.2) is 0 Å². The fourth-order valence-corrected chi connectivity index (χ4v) is 4.42. The maximum atomic E-state index is 12.3. The zero-order valence-corrected chi connectivity index (χ0v) is 11.7. The number of piperidine rings is 1. The average molecular weight is 284 g/mol. The van der Waals surface area contributed by atoms with Crippen molar-refractivity contribution in [3.8, 4) is 0 Å². The Bertz CT molecular complexity index is 534. The van der Waals surface area contributed by atoms with Crippen LogP contribution >= 0.6 is 0 Å². The first kappa shape index (κ1) is 13.1. The van der Waals surface area contributed by atoms with Crippen LogP contribution in [0.2, 0.25) is 0 Å². The van der Waals surface area contributed by atoms with Crippen LogP contribution in [0.1, 0.15) is 36.9 Å². The van der Waals surface area contributed by atoms with E-state index >= 15 is 0 Å². The number of nitrogens with one attached hydrogen (secondary N) is 2. The lowest BCUT2D eigenvalue weighted by molar-refractivity contribution is 0.336. The Hall–Kier alpha value is -0.920. The molecule has 1 saturated heterocycles. The van der Waals surface area contributed by atoms with E-state index in [-0.39, 0.29) is 6.04 Å². The molecule has 0 radical (unpaired) electrons. The third-order valence-corrected chi connectivity index (χ3v) is 5.66. The predicted molar refractivity (Wildman–Crippen MR) is 71.9 cm³/mol. The zero-order chi connectivity index (χ0) is 13.3. The minimum atomic E-state index is -3.32. The summed E-state index contributed by atoms with van der Waals surface area (Å²) in [5.74, 6) is 0. The maximum absolute atomic E-state index is 12.3. The summed E-state index contributed by atoms with van der Waals surface area (Å²) in [5.41, 5.74) is 2.28. The van der Waals surface area contributed by atoms with E-state index in [2.05, 4.69) is 14.9 Å². The van der Waals surface area contributed by atoms with Crippen molar-refractivity contribution in [2.75, 3.05) is 13.1 Å². The molecule has 2 N–H and O–H groups in total. The molecule has 1 atom stereocenters. The van der Waals surface area contributed by atoms with Crippen molar-refractivity contribution in [2.45, 2.75) is 44.6 Å². The normalized spacial score (nSPS) is 25.2. The van der Waals surface area contributed by atoms with Crippen LogP contribution in [0.5, 0.6) is 0 Å². The quantitative estimate of drug-likeness (QED) is 0.852. The molecule has 0 amide bonds. The summed E-state index contributed by atoms with van der Waals surface area (Å²) in [6, 6.07) is -0.00275. The Morgan fingerprint density at radius 3 is 2.89 bits per heavy atom. The fraction of sp³-hybridized carbons (Fsp3) is 0.750. The average Bonchev–Trinajstić information content (AvgIpc) is 2.87. The van der Waals surface area contributed by atoms with Gasteiger partial charge in [0.05, 0.1) is 6.20 Å². The third-order valence-electron chi connectivity index (χ3n) is 3.99. The third kappa shape index (κ3) is 2.82. The van der Waals surface area contributed by atoms with Gasteiger partial charge < -0.3 is 0 Å². The number of rotatable bonds is 3. The van der Waals surface area contributed by atoms with Gasteiger partial charge in [-0.1, -0.05) is 6.42 Å². The first-order valence-corrected chi connectivity index (χ1v) is 8.38. The van der Waals surface area contributed by atoms with Gasteiger partial charge in [-0.05, 0) is 37.7 Å². The van der Waals surface area contributed by atoms with Crippen LogP contribution < -0.4 is 4.72 Å². The van der Waals surface area contributed by atoms with Crippen molar-refractivity contribution in [1.82, 2.24) is 19.2 Å². The molecule has 0 unspecified atom stereocenters. The maximum Gasteiger partial charge on any atom is 0.279 e. The number of H-pyrrole nitrogens is 1. The first-order valence-electron chi connectivity index (χ1n) is 6.94. The number of nitrogens with zero attached hydrogens (tertiary/aromatic N) is 2. The van der Waals surface area contributed by atoms with Gasteiger partial charge in [0.1, 0.15) is 0 Å². The molecule has 0 saturated carbocycles. The molecule has 1 aliphatic carbocycles. The molecular formula is C12H20N4O2S. The number of hydrogen-bond donors (Lipinski definition) is 2. The minimum Gasteiger partial charge on any atom is -0.282 e. The molecule has 1 fully saturated rings. The van der Waals surface area contributed by atoms with Gasteiger partial charge >= 0.3 is 0 Å². The van der Waals surface area contributed by atoms with Crippen LogP contribution in [0.15, 0.2) is 6.20 Å². The number of hydrogen-bond acceptors (Lipinski definition) is 3. The van der Waals surface area contributed by atoms with Crippen molar-refractivity contribution in [1.29, 1.82) is 0 Å². The van der Waals surface area contributed by atoms with Crippen molar-refractivity contribution in [3.05, 3.63) is 17.5 Å². The van der Waals surface area contributed by atoms with Gasteiger partial charge in [0.2, 0.25) is 0 Å². The molecule has 2 aliphatic rings. The number of aromatic nitrogens is 2. The molecule has 0 bridgehead atoms. The summed E-state index contributed by atoms with van der Waals surface area (Å²) >= 11 is 0. The van der Waals surface area contributed by atoms with Gasteiger partial charge in [-0.15, -0.1) is 0 Å². The monoisotopic (exact) mass is 284 g/mol. The molecular weight excluding hydrogens is 264 g/mol. The Labute approximate surface area is 113 Å². The van der Waals surface area contributed by atoms with Gasteiger partial charge in [0.15, 0.2) is 0 Å². The first-order chi connectivity index (χ1) is 9.15. The highest BCUT2D eigenvalue weighted by molar-refractivity contribution is 7.87. The van der Waals surface area contributed by atoms with Crippen molar-refractivity contribution in [2.24, 2.45) is 0 Å². The summed E-state index contributed by atoms with van der Waals surface area (Å²) < 4.78 is 29.0. The van der Waals surface area contributed by atoms with E-state index in [0.717, 1.165) is 49.8 Å². The molecule has 0 aromatic carbocycles. The lowest BCUT2D eigenvalue weighted by atomic mass is 9.94. The highest BCUT2D eigenvalue weighted by atomic mass is 32.2. The standard InChI is InChI=1S/C12H20N4O2S/c17-19(18,16-6-2-1-3-7-16)15-11-4-5-12-10(8-11)9-13-14-12/h9,11,15H,1-8H2,(H,13,14)/t11-/m1/s1. The van der Waals surface area contributed by atoms with Crippen molar-refractivity contribution in [3.63, 3.8) is 0 Å². The summed E-state index contributed by atoms with van der Waals surface area (Å²) in [7, 11) is -3.32. The smallest absolute Gasteiger partial charge is 0.279 e. The second-order valence-corrected chi connectivity index (χ2v) is 7.10. The number of aryl methyl sites for hydroxylation is 1. The molecule has 7 heteroatoms.